The Hall–Kier alpha value is -1.33. The minimum atomic E-state index is 0.740. The van der Waals surface area contributed by atoms with E-state index in [9.17, 15) is 0 Å². The van der Waals surface area contributed by atoms with Gasteiger partial charge >= 0.3 is 0 Å². The molecule has 1 saturated heterocycles. The monoisotopic (exact) mass is 278 g/mol. The van der Waals surface area contributed by atoms with Crippen LogP contribution >= 0.6 is 0 Å². The van der Waals surface area contributed by atoms with Crippen molar-refractivity contribution in [2.45, 2.75) is 13.3 Å². The van der Waals surface area contributed by atoms with Crippen molar-refractivity contribution in [1.29, 1.82) is 0 Å². The van der Waals surface area contributed by atoms with Crippen LogP contribution in [0.25, 0.3) is 0 Å². The second-order valence-electron chi connectivity index (χ2n) is 5.19. The number of nitrogens with one attached hydrogen (secondary N) is 1. The lowest BCUT2D eigenvalue weighted by molar-refractivity contribution is 0.246. The first-order valence-electron chi connectivity index (χ1n) is 7.53. The van der Waals surface area contributed by atoms with E-state index in [1.54, 1.807) is 0 Å². The number of piperazine rings is 1. The molecule has 0 unspecified atom stereocenters. The average molecular weight is 278 g/mol. The van der Waals surface area contributed by atoms with Gasteiger partial charge in [-0.05, 0) is 18.6 Å². The summed E-state index contributed by atoms with van der Waals surface area (Å²) >= 11 is 0. The predicted molar refractivity (Wildman–Crippen MR) is 82.6 cm³/mol. The van der Waals surface area contributed by atoms with Crippen molar-refractivity contribution in [2.75, 3.05) is 57.8 Å². The Morgan fingerprint density at radius 2 is 2.20 bits per heavy atom. The molecular weight excluding hydrogens is 252 g/mol. The Kier molecular flexibility index (Phi) is 6.08. The van der Waals surface area contributed by atoms with E-state index in [1.165, 1.54) is 0 Å². The highest BCUT2D eigenvalue weighted by Gasteiger charge is 2.13. The van der Waals surface area contributed by atoms with E-state index in [0.29, 0.717) is 0 Å². The summed E-state index contributed by atoms with van der Waals surface area (Å²) in [7, 11) is 2.09. The third-order valence-corrected chi connectivity index (χ3v) is 3.54. The summed E-state index contributed by atoms with van der Waals surface area (Å²) in [6.07, 6.45) is 2.84. The Bertz CT molecular complexity index is 393. The number of likely N-dealkylation sites (N-methyl/N-ethyl adjacent to an activating group) is 1. The number of ether oxygens (including phenoxy) is 1. The number of hydrogen-bond acceptors (Lipinski definition) is 5. The van der Waals surface area contributed by atoms with E-state index >= 15 is 0 Å². The molecule has 1 aromatic rings. The van der Waals surface area contributed by atoms with Gasteiger partial charge in [0.05, 0.1) is 6.61 Å². The Labute approximate surface area is 121 Å². The molecule has 1 aliphatic heterocycles. The summed E-state index contributed by atoms with van der Waals surface area (Å²) < 4.78 is 5.77. The van der Waals surface area contributed by atoms with Gasteiger partial charge in [0.2, 0.25) is 0 Å². The largest absolute Gasteiger partial charge is 0.490 e. The molecule has 5 nitrogen and oxygen atoms in total. The van der Waals surface area contributed by atoms with Crippen molar-refractivity contribution in [2.24, 2.45) is 0 Å². The molecule has 112 valence electrons. The van der Waals surface area contributed by atoms with Gasteiger partial charge in [-0.1, -0.05) is 6.92 Å². The first kappa shape index (κ1) is 15.1. The molecule has 5 heteroatoms. The van der Waals surface area contributed by atoms with E-state index in [2.05, 4.69) is 34.1 Å². The first-order valence-corrected chi connectivity index (χ1v) is 7.53. The van der Waals surface area contributed by atoms with Crippen LogP contribution in [0.1, 0.15) is 13.3 Å². The zero-order valence-electron chi connectivity index (χ0n) is 12.6. The molecule has 1 aliphatic rings. The van der Waals surface area contributed by atoms with Crippen molar-refractivity contribution < 1.29 is 4.74 Å². The molecule has 2 heterocycles. The van der Waals surface area contributed by atoms with Crippen LogP contribution in [-0.4, -0.2) is 62.8 Å². The second-order valence-corrected chi connectivity index (χ2v) is 5.19. The highest BCUT2D eigenvalue weighted by molar-refractivity contribution is 5.51. The number of aromatic nitrogens is 1. The molecule has 0 radical (unpaired) electrons. The predicted octanol–water partition coefficient (Wildman–Crippen LogP) is 1.21. The standard InChI is InChI=1S/C15H26N4O/c1-3-13-20-14-5-4-6-17-15(14)18(2)11-12-19-9-7-16-8-10-19/h4-6,16H,3,7-13H2,1-2H3. The highest BCUT2D eigenvalue weighted by atomic mass is 16.5. The van der Waals surface area contributed by atoms with E-state index in [-0.39, 0.29) is 0 Å². The summed E-state index contributed by atoms with van der Waals surface area (Å²) in [5.74, 6) is 1.83. The van der Waals surface area contributed by atoms with E-state index in [4.69, 9.17) is 4.74 Å². The van der Waals surface area contributed by atoms with Gasteiger partial charge in [0, 0.05) is 52.5 Å². The SMILES string of the molecule is CCCOc1cccnc1N(C)CCN1CCNCC1. The van der Waals surface area contributed by atoms with Crippen molar-refractivity contribution in [3.8, 4) is 5.75 Å². The minimum Gasteiger partial charge on any atom is -0.490 e. The van der Waals surface area contributed by atoms with Crippen molar-refractivity contribution in [3.63, 3.8) is 0 Å². The molecule has 2 rings (SSSR count). The van der Waals surface area contributed by atoms with Gasteiger partial charge in [-0.15, -0.1) is 0 Å². The molecule has 0 atom stereocenters. The lowest BCUT2D eigenvalue weighted by Crippen LogP contribution is -2.46. The van der Waals surface area contributed by atoms with Gasteiger partial charge in [0.1, 0.15) is 0 Å². The number of nitrogens with zero attached hydrogens (tertiary/aromatic N) is 3. The Balaban J connectivity index is 1.88. The molecule has 0 spiro atoms. The van der Waals surface area contributed by atoms with Gasteiger partial charge in [-0.25, -0.2) is 4.98 Å². The molecule has 0 saturated carbocycles. The van der Waals surface area contributed by atoms with Crippen LogP contribution in [0.3, 0.4) is 0 Å². The van der Waals surface area contributed by atoms with Crippen LogP contribution < -0.4 is 15.0 Å². The summed E-state index contributed by atoms with van der Waals surface area (Å²) in [4.78, 5) is 9.14. The summed E-state index contributed by atoms with van der Waals surface area (Å²) in [5.41, 5.74) is 0. The number of hydrogen-bond donors (Lipinski definition) is 1. The molecule has 0 aliphatic carbocycles. The number of pyridine rings is 1. The molecular formula is C15H26N4O. The molecule has 1 aromatic heterocycles. The van der Waals surface area contributed by atoms with Crippen LogP contribution in [0.15, 0.2) is 18.3 Å². The van der Waals surface area contributed by atoms with Crippen LogP contribution in [0.4, 0.5) is 5.82 Å². The summed E-state index contributed by atoms with van der Waals surface area (Å²) in [6, 6.07) is 3.93. The lowest BCUT2D eigenvalue weighted by atomic mass is 10.3. The van der Waals surface area contributed by atoms with Gasteiger partial charge < -0.3 is 15.0 Å². The molecule has 1 fully saturated rings. The van der Waals surface area contributed by atoms with E-state index in [0.717, 1.165) is 63.9 Å². The normalized spacial score (nSPS) is 16.1. The van der Waals surface area contributed by atoms with Crippen LogP contribution in [0.5, 0.6) is 5.75 Å². The molecule has 0 aromatic carbocycles. The van der Waals surface area contributed by atoms with Crippen LogP contribution in [0, 0.1) is 0 Å². The maximum atomic E-state index is 5.77. The third-order valence-electron chi connectivity index (χ3n) is 3.54. The minimum absolute atomic E-state index is 0.740. The van der Waals surface area contributed by atoms with Crippen LogP contribution in [0.2, 0.25) is 0 Å². The van der Waals surface area contributed by atoms with Crippen molar-refractivity contribution in [1.82, 2.24) is 15.2 Å². The second kappa shape index (κ2) is 8.07. The maximum absolute atomic E-state index is 5.77. The maximum Gasteiger partial charge on any atom is 0.171 e. The van der Waals surface area contributed by atoms with Gasteiger partial charge in [0.15, 0.2) is 11.6 Å². The summed E-state index contributed by atoms with van der Waals surface area (Å²) in [5, 5.41) is 3.38. The molecule has 0 bridgehead atoms. The highest BCUT2D eigenvalue weighted by Crippen LogP contribution is 2.24. The molecule has 20 heavy (non-hydrogen) atoms. The first-order chi connectivity index (χ1) is 9.81. The third kappa shape index (κ3) is 4.35. The van der Waals surface area contributed by atoms with Crippen LogP contribution in [-0.2, 0) is 0 Å². The van der Waals surface area contributed by atoms with E-state index < -0.39 is 0 Å². The molecule has 1 N–H and O–H groups in total. The van der Waals surface area contributed by atoms with Gasteiger partial charge in [-0.3, -0.25) is 4.90 Å². The Morgan fingerprint density at radius 1 is 1.40 bits per heavy atom. The van der Waals surface area contributed by atoms with Crippen molar-refractivity contribution >= 4 is 5.82 Å². The number of rotatable bonds is 7. The van der Waals surface area contributed by atoms with Gasteiger partial charge in [-0.2, -0.15) is 0 Å². The van der Waals surface area contributed by atoms with Crippen molar-refractivity contribution in [3.05, 3.63) is 18.3 Å². The summed E-state index contributed by atoms with van der Waals surface area (Å²) in [6.45, 7) is 9.36. The zero-order valence-corrected chi connectivity index (χ0v) is 12.6. The lowest BCUT2D eigenvalue weighted by Gasteiger charge is -2.29. The average Bonchev–Trinajstić information content (AvgIpc) is 2.52. The fourth-order valence-electron chi connectivity index (χ4n) is 2.33. The fraction of sp³-hybridized carbons (Fsp3) is 0.667. The fourth-order valence-corrected chi connectivity index (χ4v) is 2.33. The smallest absolute Gasteiger partial charge is 0.171 e. The molecule has 0 amide bonds. The zero-order chi connectivity index (χ0) is 14.2. The Morgan fingerprint density at radius 3 is 2.95 bits per heavy atom. The topological polar surface area (TPSA) is 40.6 Å². The van der Waals surface area contributed by atoms with E-state index in [1.807, 2.05) is 18.3 Å². The van der Waals surface area contributed by atoms with Gasteiger partial charge in [0.25, 0.3) is 0 Å². The number of anilines is 1. The quantitative estimate of drug-likeness (QED) is 0.812.